The second-order valence-electron chi connectivity index (χ2n) is 6.29. The van der Waals surface area contributed by atoms with Crippen molar-refractivity contribution in [2.24, 2.45) is 0 Å². The van der Waals surface area contributed by atoms with Gasteiger partial charge in [0.05, 0.1) is 14.1 Å². The normalized spacial score (nSPS) is 19.9. The largest absolute Gasteiger partial charge is 0.341 e. The Hall–Kier alpha value is -2.94. The van der Waals surface area contributed by atoms with Crippen LogP contribution in [-0.2, 0) is 14.0 Å². The van der Waals surface area contributed by atoms with Crippen molar-refractivity contribution in [3.63, 3.8) is 0 Å². The molecule has 0 bridgehead atoms. The Morgan fingerprint density at radius 3 is 2.86 bits per heavy atom. The highest BCUT2D eigenvalue weighted by atomic mass is 31.1. The molecular weight excluding hydrogens is 400 g/mol. The van der Waals surface area contributed by atoms with Crippen molar-refractivity contribution in [2.75, 3.05) is 18.3 Å². The Bertz CT molecular complexity index is 1100. The van der Waals surface area contributed by atoms with Gasteiger partial charge in [-0.3, -0.25) is 9.36 Å². The average Bonchev–Trinajstić information content (AvgIpc) is 3.30. The van der Waals surface area contributed by atoms with Crippen LogP contribution in [-0.4, -0.2) is 44.7 Å². The van der Waals surface area contributed by atoms with Gasteiger partial charge in [-0.05, 0) is 18.8 Å². The van der Waals surface area contributed by atoms with Crippen LogP contribution in [0.5, 0.6) is 0 Å². The van der Waals surface area contributed by atoms with E-state index in [1.54, 1.807) is 37.0 Å². The molecule has 1 aromatic carbocycles. The van der Waals surface area contributed by atoms with Crippen LogP contribution in [0.2, 0.25) is 0 Å². The summed E-state index contributed by atoms with van der Waals surface area (Å²) in [6.45, 7) is 1.54. The summed E-state index contributed by atoms with van der Waals surface area (Å²) in [5.41, 5.74) is 1.03. The lowest BCUT2D eigenvalue weighted by Gasteiger charge is -2.15. The summed E-state index contributed by atoms with van der Waals surface area (Å²) in [6.07, 6.45) is 1.67. The Morgan fingerprint density at radius 1 is 1.31 bits per heavy atom. The molecule has 0 saturated heterocycles. The van der Waals surface area contributed by atoms with E-state index >= 15 is 0 Å². The summed E-state index contributed by atoms with van der Waals surface area (Å²) in [5, 5.41) is 2.69. The second kappa shape index (κ2) is 8.20. The minimum atomic E-state index is -1.87. The maximum Gasteiger partial charge on any atom is 0.256 e. The van der Waals surface area contributed by atoms with Gasteiger partial charge in [-0.1, -0.05) is 18.2 Å². The molecule has 29 heavy (non-hydrogen) atoms. The fourth-order valence-electron chi connectivity index (χ4n) is 2.81. The minimum absolute atomic E-state index is 0.00561. The molecule has 0 radical (unpaired) electrons. The zero-order valence-corrected chi connectivity index (χ0v) is 16.3. The van der Waals surface area contributed by atoms with E-state index in [4.69, 9.17) is 9.47 Å². The SMILES string of the molecule is C[PH](=O)COC1C=C(F)[C@H](n2cnc3c(NC(=O)c4ccccc4)ncnc32)O1. The summed E-state index contributed by atoms with van der Waals surface area (Å²) in [6, 6.07) is 8.65. The number of imidazole rings is 1. The fourth-order valence-corrected chi connectivity index (χ4v) is 3.21. The molecule has 2 aromatic heterocycles. The molecule has 1 aliphatic heterocycles. The summed E-state index contributed by atoms with van der Waals surface area (Å²) >= 11 is 0. The van der Waals surface area contributed by atoms with Gasteiger partial charge in [0.25, 0.3) is 5.91 Å². The van der Waals surface area contributed by atoms with E-state index in [-0.39, 0.29) is 29.2 Å². The van der Waals surface area contributed by atoms with Crippen LogP contribution in [0.3, 0.4) is 0 Å². The highest BCUT2D eigenvalue weighted by Gasteiger charge is 2.31. The molecule has 1 N–H and O–H groups in total. The molecular formula is C18H17FN5O4P. The third kappa shape index (κ3) is 4.09. The number of benzene rings is 1. The van der Waals surface area contributed by atoms with Gasteiger partial charge in [-0.25, -0.2) is 19.3 Å². The van der Waals surface area contributed by atoms with Gasteiger partial charge in [0.15, 0.2) is 35.3 Å². The number of hydrogen-bond acceptors (Lipinski definition) is 7. The number of fused-ring (bicyclic) bond motifs is 1. The highest BCUT2D eigenvalue weighted by Crippen LogP contribution is 2.34. The van der Waals surface area contributed by atoms with Gasteiger partial charge < -0.3 is 19.4 Å². The first-order valence-electron chi connectivity index (χ1n) is 8.70. The molecule has 150 valence electrons. The van der Waals surface area contributed by atoms with Crippen LogP contribution < -0.4 is 5.32 Å². The molecule has 0 spiro atoms. The van der Waals surface area contributed by atoms with E-state index in [0.29, 0.717) is 5.56 Å². The second-order valence-corrected chi connectivity index (χ2v) is 7.98. The number of anilines is 1. The molecule has 2 unspecified atom stereocenters. The molecule has 3 heterocycles. The number of nitrogens with one attached hydrogen (secondary N) is 1. The first kappa shape index (κ1) is 19.4. The minimum Gasteiger partial charge on any atom is -0.341 e. The third-order valence-electron chi connectivity index (χ3n) is 4.12. The quantitative estimate of drug-likeness (QED) is 0.615. The third-order valence-corrected chi connectivity index (χ3v) is 4.70. The summed E-state index contributed by atoms with van der Waals surface area (Å²) in [7, 11) is -1.87. The molecule has 0 aliphatic carbocycles. The zero-order chi connectivity index (χ0) is 20.4. The van der Waals surface area contributed by atoms with E-state index in [1.165, 1.54) is 23.3 Å². The number of hydrogen-bond donors (Lipinski definition) is 1. The van der Waals surface area contributed by atoms with E-state index in [9.17, 15) is 13.8 Å². The van der Waals surface area contributed by atoms with Crippen LogP contribution in [0.1, 0.15) is 16.6 Å². The first-order chi connectivity index (χ1) is 14.0. The van der Waals surface area contributed by atoms with E-state index in [2.05, 4.69) is 20.3 Å². The van der Waals surface area contributed by atoms with Gasteiger partial charge in [-0.2, -0.15) is 0 Å². The topological polar surface area (TPSA) is 108 Å². The number of halogens is 1. The Labute approximate surface area is 165 Å². The average molecular weight is 417 g/mol. The summed E-state index contributed by atoms with van der Waals surface area (Å²) in [4.78, 5) is 24.8. The van der Waals surface area contributed by atoms with Crippen molar-refractivity contribution in [1.82, 2.24) is 19.5 Å². The summed E-state index contributed by atoms with van der Waals surface area (Å²) in [5.74, 6) is -0.743. The van der Waals surface area contributed by atoms with Crippen molar-refractivity contribution in [1.29, 1.82) is 0 Å². The molecule has 9 nitrogen and oxygen atoms in total. The number of carbonyl (C=O) groups excluding carboxylic acids is 1. The molecule has 11 heteroatoms. The molecule has 4 rings (SSSR count). The highest BCUT2D eigenvalue weighted by molar-refractivity contribution is 7.43. The summed E-state index contributed by atoms with van der Waals surface area (Å²) < 4.78 is 37.8. The number of amides is 1. The van der Waals surface area contributed by atoms with E-state index in [1.807, 2.05) is 0 Å². The van der Waals surface area contributed by atoms with Gasteiger partial charge in [0.2, 0.25) is 0 Å². The predicted molar refractivity (Wildman–Crippen MR) is 104 cm³/mol. The Balaban J connectivity index is 1.57. The lowest BCUT2D eigenvalue weighted by Crippen LogP contribution is -2.16. The number of carbonyl (C=O) groups is 1. The van der Waals surface area contributed by atoms with Crippen LogP contribution in [0, 0.1) is 0 Å². The van der Waals surface area contributed by atoms with Crippen molar-refractivity contribution in [2.45, 2.75) is 12.5 Å². The lowest BCUT2D eigenvalue weighted by molar-refractivity contribution is -0.127. The van der Waals surface area contributed by atoms with Gasteiger partial charge in [0, 0.05) is 11.6 Å². The number of ether oxygens (including phenoxy) is 2. The maximum absolute atomic E-state index is 14.4. The van der Waals surface area contributed by atoms with E-state index in [0.717, 1.165) is 0 Å². The molecule has 1 aliphatic rings. The van der Waals surface area contributed by atoms with Crippen LogP contribution >= 0.6 is 7.80 Å². The molecule has 0 saturated carbocycles. The Kier molecular flexibility index (Phi) is 5.48. The van der Waals surface area contributed by atoms with Crippen LogP contribution in [0.15, 0.2) is 54.9 Å². The van der Waals surface area contributed by atoms with Gasteiger partial charge in [0.1, 0.15) is 12.7 Å². The first-order valence-corrected chi connectivity index (χ1v) is 10.8. The van der Waals surface area contributed by atoms with Crippen molar-refractivity contribution in [3.8, 4) is 0 Å². The standard InChI is InChI=1S/C18H17FN5O4P/c1-29(26)10-27-13-7-12(19)18(28-13)24-9-22-14-15(20-8-21-16(14)24)23-17(25)11-5-3-2-4-6-11/h2-9,13,18,29H,10H2,1H3,(H,20,21,23,25)/t13?,18-/m1/s1. The van der Waals surface area contributed by atoms with Crippen molar-refractivity contribution < 1.29 is 23.2 Å². The van der Waals surface area contributed by atoms with Gasteiger partial charge >= 0.3 is 0 Å². The molecule has 3 atom stereocenters. The molecule has 3 aromatic rings. The monoisotopic (exact) mass is 417 g/mol. The van der Waals surface area contributed by atoms with Crippen LogP contribution in [0.25, 0.3) is 11.2 Å². The fraction of sp³-hybridized carbons (Fsp3) is 0.222. The zero-order valence-electron chi connectivity index (χ0n) is 15.3. The van der Waals surface area contributed by atoms with Crippen molar-refractivity contribution in [3.05, 3.63) is 60.5 Å². The number of rotatable bonds is 6. The van der Waals surface area contributed by atoms with Gasteiger partial charge in [-0.15, -0.1) is 0 Å². The van der Waals surface area contributed by atoms with E-state index < -0.39 is 26.1 Å². The number of nitrogens with zero attached hydrogens (tertiary/aromatic N) is 4. The smallest absolute Gasteiger partial charge is 0.256 e. The number of aromatic nitrogens is 4. The maximum atomic E-state index is 14.4. The lowest BCUT2D eigenvalue weighted by atomic mass is 10.2. The molecule has 0 fully saturated rings. The van der Waals surface area contributed by atoms with Crippen molar-refractivity contribution >= 4 is 30.7 Å². The Morgan fingerprint density at radius 2 is 2.10 bits per heavy atom. The van der Waals surface area contributed by atoms with Crippen LogP contribution in [0.4, 0.5) is 10.2 Å². The molecule has 1 amide bonds. The predicted octanol–water partition coefficient (Wildman–Crippen LogP) is 2.95.